The van der Waals surface area contributed by atoms with Crippen molar-refractivity contribution in [2.75, 3.05) is 0 Å². The SMILES string of the molecule is CC(C)(C)[Si](C)(C)O[C@H]1CC[C@]23C=C[C@H](C(=O)N2)[C@@]24CCCC2=C[C@@]13C(=O)N4. The minimum Gasteiger partial charge on any atom is -0.412 e. The van der Waals surface area contributed by atoms with Crippen molar-refractivity contribution in [3.8, 4) is 0 Å². The third-order valence-electron chi connectivity index (χ3n) is 8.73. The first-order chi connectivity index (χ1) is 13.0. The van der Waals surface area contributed by atoms with Crippen LogP contribution in [0.2, 0.25) is 18.1 Å². The van der Waals surface area contributed by atoms with Gasteiger partial charge in [-0.3, -0.25) is 9.59 Å². The molecule has 5 nitrogen and oxygen atoms in total. The first-order valence-corrected chi connectivity index (χ1v) is 13.6. The Balaban J connectivity index is 1.70. The Morgan fingerprint density at radius 2 is 1.93 bits per heavy atom. The molecule has 0 unspecified atom stereocenters. The monoisotopic (exact) mass is 400 g/mol. The van der Waals surface area contributed by atoms with Crippen molar-refractivity contribution in [2.24, 2.45) is 11.3 Å². The number of carbonyl (C=O) groups is 2. The zero-order valence-corrected chi connectivity index (χ0v) is 18.6. The zero-order chi connectivity index (χ0) is 20.2. The van der Waals surface area contributed by atoms with Crippen molar-refractivity contribution in [2.45, 2.75) is 88.2 Å². The molecule has 2 saturated carbocycles. The highest BCUT2D eigenvalue weighted by Crippen LogP contribution is 2.61. The lowest BCUT2D eigenvalue weighted by molar-refractivity contribution is -0.146. The summed E-state index contributed by atoms with van der Waals surface area (Å²) in [6, 6.07) is 0. The lowest BCUT2D eigenvalue weighted by atomic mass is 9.58. The van der Waals surface area contributed by atoms with Crippen LogP contribution in [0, 0.1) is 11.3 Å². The van der Waals surface area contributed by atoms with E-state index >= 15 is 0 Å². The highest BCUT2D eigenvalue weighted by molar-refractivity contribution is 6.74. The molecule has 3 fully saturated rings. The molecule has 152 valence electrons. The van der Waals surface area contributed by atoms with Crippen LogP contribution >= 0.6 is 0 Å². The molecule has 5 atom stereocenters. The van der Waals surface area contributed by atoms with Gasteiger partial charge < -0.3 is 15.1 Å². The molecule has 28 heavy (non-hydrogen) atoms. The Labute approximate surface area is 168 Å². The lowest BCUT2D eigenvalue weighted by Gasteiger charge is -2.57. The molecule has 0 aromatic carbocycles. The van der Waals surface area contributed by atoms with E-state index in [0.717, 1.165) is 32.1 Å². The smallest absolute Gasteiger partial charge is 0.236 e. The van der Waals surface area contributed by atoms with Crippen molar-refractivity contribution in [3.05, 3.63) is 23.8 Å². The maximum absolute atomic E-state index is 13.8. The second kappa shape index (κ2) is 5.20. The van der Waals surface area contributed by atoms with Crippen LogP contribution in [0.1, 0.15) is 52.9 Å². The third kappa shape index (κ3) is 1.96. The van der Waals surface area contributed by atoms with E-state index in [1.165, 1.54) is 5.57 Å². The van der Waals surface area contributed by atoms with Crippen LogP contribution in [0.3, 0.4) is 0 Å². The Bertz CT molecular complexity index is 841. The van der Waals surface area contributed by atoms with Gasteiger partial charge in [-0.15, -0.1) is 0 Å². The maximum Gasteiger partial charge on any atom is 0.236 e. The van der Waals surface area contributed by atoms with E-state index < -0.39 is 24.8 Å². The molecule has 2 amide bonds. The van der Waals surface area contributed by atoms with Gasteiger partial charge in [-0.1, -0.05) is 39.0 Å². The average molecular weight is 401 g/mol. The molecular weight excluding hydrogens is 368 g/mol. The Morgan fingerprint density at radius 3 is 2.61 bits per heavy atom. The third-order valence-corrected chi connectivity index (χ3v) is 13.2. The minimum absolute atomic E-state index is 0.0497. The number of hydrogen-bond donors (Lipinski definition) is 2. The minimum atomic E-state index is -2.08. The fourth-order valence-corrected chi connectivity index (χ4v) is 7.53. The normalized spacial score (nSPS) is 43.8. The molecule has 4 bridgehead atoms. The summed E-state index contributed by atoms with van der Waals surface area (Å²) in [7, 11) is -2.08. The number of nitrogens with one attached hydrogen (secondary N) is 2. The molecule has 8 rings (SSSR count). The van der Waals surface area contributed by atoms with Gasteiger partial charge in [-0.25, -0.2) is 0 Å². The Morgan fingerprint density at radius 1 is 1.18 bits per heavy atom. The number of carbonyl (C=O) groups excluding carboxylic acids is 2. The van der Waals surface area contributed by atoms with Gasteiger partial charge in [0.1, 0.15) is 5.41 Å². The highest BCUT2D eigenvalue weighted by atomic mass is 28.4. The zero-order valence-electron chi connectivity index (χ0n) is 17.6. The van der Waals surface area contributed by atoms with Gasteiger partial charge in [-0.2, -0.15) is 0 Å². The summed E-state index contributed by atoms with van der Waals surface area (Å²) >= 11 is 0. The van der Waals surface area contributed by atoms with Crippen LogP contribution in [0.5, 0.6) is 0 Å². The first-order valence-electron chi connectivity index (χ1n) is 10.7. The average Bonchev–Trinajstić information content (AvgIpc) is 3.08. The molecular formula is C22H32N2O3Si. The second-order valence-corrected chi connectivity index (χ2v) is 15.8. The maximum atomic E-state index is 13.8. The summed E-state index contributed by atoms with van der Waals surface area (Å²) in [6.45, 7) is 11.2. The van der Waals surface area contributed by atoms with E-state index in [-0.39, 0.29) is 28.9 Å². The van der Waals surface area contributed by atoms with E-state index in [0.29, 0.717) is 0 Å². The summed E-state index contributed by atoms with van der Waals surface area (Å²) in [4.78, 5) is 27.0. The fourth-order valence-electron chi connectivity index (χ4n) is 6.16. The quantitative estimate of drug-likeness (QED) is 0.553. The van der Waals surface area contributed by atoms with Crippen molar-refractivity contribution in [3.63, 3.8) is 0 Å². The van der Waals surface area contributed by atoms with E-state index in [4.69, 9.17) is 4.43 Å². The Kier molecular flexibility index (Phi) is 3.45. The molecule has 1 saturated heterocycles. The molecule has 0 aromatic rings. The summed E-state index contributed by atoms with van der Waals surface area (Å²) in [6.07, 6.45) is 10.6. The van der Waals surface area contributed by atoms with Crippen molar-refractivity contribution < 1.29 is 14.0 Å². The summed E-state index contributed by atoms with van der Waals surface area (Å²) in [5.41, 5.74) is -0.783. The molecule has 0 radical (unpaired) electrons. The molecule has 5 aliphatic heterocycles. The van der Waals surface area contributed by atoms with Crippen molar-refractivity contribution in [1.29, 1.82) is 0 Å². The molecule has 6 heteroatoms. The van der Waals surface area contributed by atoms with E-state index in [2.05, 4.69) is 62.7 Å². The predicted molar refractivity (Wildman–Crippen MR) is 110 cm³/mol. The summed E-state index contributed by atoms with van der Waals surface area (Å²) in [5, 5.41) is 6.76. The Hall–Kier alpha value is -1.40. The van der Waals surface area contributed by atoms with Crippen LogP contribution in [0.25, 0.3) is 0 Å². The number of hydrogen-bond acceptors (Lipinski definition) is 3. The van der Waals surface area contributed by atoms with Gasteiger partial charge in [0.15, 0.2) is 8.32 Å². The van der Waals surface area contributed by atoms with E-state index in [1.807, 2.05) is 0 Å². The van der Waals surface area contributed by atoms with Gasteiger partial charge >= 0.3 is 0 Å². The van der Waals surface area contributed by atoms with Gasteiger partial charge in [0.2, 0.25) is 11.8 Å². The standard InChI is InChI=1S/C22H32N2O3Si/c1-19(2,3)28(4,5)27-16-9-12-20-11-8-15(17(25)23-20)22-10-6-7-14(22)13-21(16,20)18(26)24-22/h8,11,13,15-16H,6-7,9-10,12H2,1-5H3,(H,23,25)(H,24,26)/t15-,16+,20+,21+,22-/m1/s1. The number of rotatable bonds is 2. The first kappa shape index (κ1) is 18.6. The highest BCUT2D eigenvalue weighted by Gasteiger charge is 2.72. The fraction of sp³-hybridized carbons (Fsp3) is 0.727. The molecule has 8 aliphatic rings. The summed E-state index contributed by atoms with van der Waals surface area (Å²) < 4.78 is 6.89. The van der Waals surface area contributed by atoms with E-state index in [9.17, 15) is 9.59 Å². The molecule has 3 spiro atoms. The van der Waals surface area contributed by atoms with Gasteiger partial charge in [0.05, 0.1) is 23.1 Å². The van der Waals surface area contributed by atoms with Crippen LogP contribution in [0.15, 0.2) is 23.8 Å². The molecule has 3 aliphatic carbocycles. The van der Waals surface area contributed by atoms with Gasteiger partial charge in [-0.05, 0) is 55.8 Å². The van der Waals surface area contributed by atoms with Crippen LogP contribution in [0.4, 0.5) is 0 Å². The topological polar surface area (TPSA) is 67.4 Å². The molecule has 0 aromatic heterocycles. The van der Waals surface area contributed by atoms with Crippen LogP contribution < -0.4 is 10.6 Å². The van der Waals surface area contributed by atoms with Crippen molar-refractivity contribution in [1.82, 2.24) is 10.6 Å². The van der Waals surface area contributed by atoms with Crippen molar-refractivity contribution >= 4 is 20.1 Å². The van der Waals surface area contributed by atoms with Gasteiger partial charge in [0.25, 0.3) is 0 Å². The lowest BCUT2D eigenvalue weighted by Crippen LogP contribution is -2.76. The van der Waals surface area contributed by atoms with Crippen LogP contribution in [-0.2, 0) is 14.0 Å². The van der Waals surface area contributed by atoms with E-state index in [1.54, 1.807) is 0 Å². The largest absolute Gasteiger partial charge is 0.412 e. The predicted octanol–water partition coefficient (Wildman–Crippen LogP) is 3.19. The second-order valence-electron chi connectivity index (χ2n) is 11.0. The summed E-state index contributed by atoms with van der Waals surface area (Å²) in [5.74, 6) is -0.185. The number of amides is 2. The van der Waals surface area contributed by atoms with Crippen LogP contribution in [-0.4, -0.2) is 37.3 Å². The molecule has 5 heterocycles. The molecule has 2 N–H and O–H groups in total. The van der Waals surface area contributed by atoms with Gasteiger partial charge in [0, 0.05) is 0 Å².